The van der Waals surface area contributed by atoms with Crippen LogP contribution in [0, 0.1) is 0 Å². The molecule has 140 valence electrons. The van der Waals surface area contributed by atoms with Crippen LogP contribution in [0.5, 0.6) is 0 Å². The SMILES string of the molecule is CC(C)N(C(C)C)P(N=C=O)(=Nc1ccccc1)N(C(C)C)C(C)C. The first-order chi connectivity index (χ1) is 11.7. The average molecular weight is 364 g/mol. The molecule has 0 amide bonds. The molecule has 0 heterocycles. The van der Waals surface area contributed by atoms with Crippen LogP contribution in [-0.4, -0.2) is 39.6 Å². The van der Waals surface area contributed by atoms with Gasteiger partial charge in [0.05, 0.1) is 5.69 Å². The van der Waals surface area contributed by atoms with E-state index in [4.69, 9.17) is 4.74 Å². The summed E-state index contributed by atoms with van der Waals surface area (Å²) in [7, 11) is -2.67. The maximum absolute atomic E-state index is 11.5. The van der Waals surface area contributed by atoms with Crippen LogP contribution in [0.1, 0.15) is 55.4 Å². The van der Waals surface area contributed by atoms with Crippen molar-refractivity contribution < 1.29 is 4.79 Å². The zero-order valence-electron chi connectivity index (χ0n) is 16.8. The molecule has 1 rings (SSSR count). The average Bonchev–Trinajstić information content (AvgIpc) is 2.46. The second-order valence-electron chi connectivity index (χ2n) is 7.30. The van der Waals surface area contributed by atoms with Gasteiger partial charge in [-0.3, -0.25) is 0 Å². The Morgan fingerprint density at radius 2 is 1.20 bits per heavy atom. The number of nitrogens with zero attached hydrogens (tertiary/aromatic N) is 4. The second kappa shape index (κ2) is 9.45. The Morgan fingerprint density at radius 1 is 0.800 bits per heavy atom. The third kappa shape index (κ3) is 5.12. The molecule has 1 aromatic carbocycles. The molecule has 0 fully saturated rings. The Morgan fingerprint density at radius 3 is 1.52 bits per heavy atom. The Bertz CT molecular complexity index is 594. The second-order valence-corrected chi connectivity index (χ2v) is 9.70. The number of carbonyl (C=O) groups excluding carboxylic acids is 1. The molecule has 0 aliphatic rings. The zero-order chi connectivity index (χ0) is 19.2. The van der Waals surface area contributed by atoms with Crippen LogP contribution >= 0.6 is 7.51 Å². The molecule has 0 N–H and O–H groups in total. The minimum absolute atomic E-state index is 0.192. The van der Waals surface area contributed by atoms with Gasteiger partial charge in [0, 0.05) is 24.2 Å². The van der Waals surface area contributed by atoms with Crippen molar-refractivity contribution in [3.63, 3.8) is 0 Å². The normalized spacial score (nSPS) is 12.6. The number of hydrogen-bond donors (Lipinski definition) is 0. The zero-order valence-corrected chi connectivity index (χ0v) is 17.7. The molecule has 0 saturated heterocycles. The molecular formula is C19H33N4OP. The summed E-state index contributed by atoms with van der Waals surface area (Å²) >= 11 is 0. The van der Waals surface area contributed by atoms with Crippen LogP contribution < -0.4 is 0 Å². The highest BCUT2D eigenvalue weighted by atomic mass is 31.2. The summed E-state index contributed by atoms with van der Waals surface area (Å²) in [5, 5.41) is 0. The fourth-order valence-corrected chi connectivity index (χ4v) is 7.21. The molecule has 0 bridgehead atoms. The van der Waals surface area contributed by atoms with Crippen molar-refractivity contribution in [1.29, 1.82) is 0 Å². The summed E-state index contributed by atoms with van der Waals surface area (Å²) in [4.78, 5) is 11.5. The molecule has 1 aromatic rings. The van der Waals surface area contributed by atoms with E-state index in [0.717, 1.165) is 5.69 Å². The fourth-order valence-electron chi connectivity index (χ4n) is 3.48. The highest BCUT2D eigenvalue weighted by Crippen LogP contribution is 2.63. The Labute approximate surface area is 153 Å². The summed E-state index contributed by atoms with van der Waals surface area (Å²) in [6, 6.07) is 10.6. The monoisotopic (exact) mass is 364 g/mol. The third-order valence-electron chi connectivity index (χ3n) is 3.92. The predicted octanol–water partition coefficient (Wildman–Crippen LogP) is 5.84. The maximum Gasteiger partial charge on any atom is 0.242 e. The van der Waals surface area contributed by atoms with Gasteiger partial charge in [0.15, 0.2) is 0 Å². The van der Waals surface area contributed by atoms with Gasteiger partial charge < -0.3 is 0 Å². The summed E-state index contributed by atoms with van der Waals surface area (Å²) < 4.78 is 14.1. The summed E-state index contributed by atoms with van der Waals surface area (Å²) in [6.07, 6.45) is 1.86. The lowest BCUT2D eigenvalue weighted by molar-refractivity contribution is 0.250. The first kappa shape index (κ1) is 21.8. The summed E-state index contributed by atoms with van der Waals surface area (Å²) in [6.45, 7) is 17.1. The standard InChI is InChI=1S/C19H33N4OP/c1-15(2)22(16(3)4)25(20-14-24,23(17(5)6)18(7)8)21-19-12-10-9-11-13-19/h9-13,15-18H,1-8H3. The van der Waals surface area contributed by atoms with Crippen LogP contribution in [-0.2, 0) is 4.79 Å². The van der Waals surface area contributed by atoms with Gasteiger partial charge in [-0.15, -0.1) is 4.76 Å². The Kier molecular flexibility index (Phi) is 8.24. The van der Waals surface area contributed by atoms with E-state index in [1.54, 1.807) is 0 Å². The highest BCUT2D eigenvalue weighted by Gasteiger charge is 2.41. The first-order valence-electron chi connectivity index (χ1n) is 9.01. The molecule has 0 unspecified atom stereocenters. The molecule has 25 heavy (non-hydrogen) atoms. The van der Waals surface area contributed by atoms with Crippen molar-refractivity contribution in [1.82, 2.24) is 9.34 Å². The Balaban J connectivity index is 3.90. The number of benzene rings is 1. The van der Waals surface area contributed by atoms with E-state index in [-0.39, 0.29) is 24.2 Å². The number of isocyanates is 1. The lowest BCUT2D eigenvalue weighted by atomic mass is 10.3. The van der Waals surface area contributed by atoms with E-state index in [9.17, 15) is 4.79 Å². The van der Waals surface area contributed by atoms with Crippen molar-refractivity contribution in [3.8, 4) is 0 Å². The van der Waals surface area contributed by atoms with Crippen molar-refractivity contribution in [2.24, 2.45) is 9.51 Å². The molecule has 0 atom stereocenters. The first-order valence-corrected chi connectivity index (χ1v) is 10.6. The van der Waals surface area contributed by atoms with Crippen LogP contribution in [0.25, 0.3) is 0 Å². The van der Waals surface area contributed by atoms with Gasteiger partial charge in [0.25, 0.3) is 0 Å². The van der Waals surface area contributed by atoms with Crippen LogP contribution in [0.3, 0.4) is 0 Å². The van der Waals surface area contributed by atoms with Gasteiger partial charge in [-0.2, -0.15) is 0 Å². The molecule has 6 heteroatoms. The summed E-state index contributed by atoms with van der Waals surface area (Å²) in [5.74, 6) is 0. The smallest absolute Gasteiger partial charge is 0.234 e. The van der Waals surface area contributed by atoms with E-state index in [1.165, 1.54) is 0 Å². The number of hydrogen-bond acceptors (Lipinski definition) is 2. The maximum atomic E-state index is 11.5. The topological polar surface area (TPSA) is 48.3 Å². The lowest BCUT2D eigenvalue weighted by Crippen LogP contribution is -2.44. The van der Waals surface area contributed by atoms with E-state index < -0.39 is 7.51 Å². The molecule has 0 aromatic heterocycles. The van der Waals surface area contributed by atoms with Crippen molar-refractivity contribution >= 4 is 19.3 Å². The molecular weight excluding hydrogens is 331 g/mol. The summed E-state index contributed by atoms with van der Waals surface area (Å²) in [5.41, 5.74) is 0.840. The van der Waals surface area contributed by atoms with E-state index in [2.05, 4.69) is 69.5 Å². The van der Waals surface area contributed by atoms with Crippen LogP contribution in [0.4, 0.5) is 5.69 Å². The fraction of sp³-hybridized carbons (Fsp3) is 0.632. The third-order valence-corrected chi connectivity index (χ3v) is 7.85. The molecule has 5 nitrogen and oxygen atoms in total. The quantitative estimate of drug-likeness (QED) is 0.331. The van der Waals surface area contributed by atoms with Gasteiger partial charge in [0.2, 0.25) is 13.6 Å². The van der Waals surface area contributed by atoms with Gasteiger partial charge in [0.1, 0.15) is 0 Å². The lowest BCUT2D eigenvalue weighted by Gasteiger charge is -2.47. The van der Waals surface area contributed by atoms with E-state index in [1.807, 2.05) is 36.4 Å². The molecule has 0 spiro atoms. The van der Waals surface area contributed by atoms with Gasteiger partial charge in [-0.25, -0.2) is 18.9 Å². The minimum atomic E-state index is -2.67. The van der Waals surface area contributed by atoms with Crippen molar-refractivity contribution in [2.75, 3.05) is 0 Å². The minimum Gasteiger partial charge on any atom is -0.234 e. The highest BCUT2D eigenvalue weighted by molar-refractivity contribution is 7.60. The molecule has 0 radical (unpaired) electrons. The van der Waals surface area contributed by atoms with Crippen LogP contribution in [0.2, 0.25) is 0 Å². The Hall–Kier alpha value is -1.25. The van der Waals surface area contributed by atoms with Crippen molar-refractivity contribution in [2.45, 2.75) is 79.6 Å². The van der Waals surface area contributed by atoms with Gasteiger partial charge in [-0.05, 0) is 67.5 Å². The van der Waals surface area contributed by atoms with Gasteiger partial charge in [-0.1, -0.05) is 18.2 Å². The van der Waals surface area contributed by atoms with Crippen LogP contribution in [0.15, 0.2) is 39.8 Å². The molecule has 0 aliphatic heterocycles. The van der Waals surface area contributed by atoms with Gasteiger partial charge >= 0.3 is 0 Å². The predicted molar refractivity (Wildman–Crippen MR) is 108 cm³/mol. The van der Waals surface area contributed by atoms with Crippen molar-refractivity contribution in [3.05, 3.63) is 30.3 Å². The molecule has 0 saturated carbocycles. The molecule has 0 aliphatic carbocycles. The van der Waals surface area contributed by atoms with E-state index in [0.29, 0.717) is 0 Å². The largest absolute Gasteiger partial charge is 0.242 e. The number of rotatable bonds is 8. The van der Waals surface area contributed by atoms with E-state index >= 15 is 0 Å².